The highest BCUT2D eigenvalue weighted by molar-refractivity contribution is 5.74. The molecular formula is C10H12FN3O5. The molecule has 0 saturated carbocycles. The van der Waals surface area contributed by atoms with Crippen LogP contribution in [0.3, 0.4) is 0 Å². The van der Waals surface area contributed by atoms with Gasteiger partial charge in [-0.3, -0.25) is 14.9 Å². The van der Waals surface area contributed by atoms with Gasteiger partial charge in [0.25, 0.3) is 5.69 Å². The lowest BCUT2D eigenvalue weighted by Crippen LogP contribution is -2.26. The molecule has 1 amide bonds. The largest absolute Gasteiger partial charge is 0.393 e. The number of carbonyl (C=O) groups is 1. The highest BCUT2D eigenvalue weighted by Gasteiger charge is 2.27. The van der Waals surface area contributed by atoms with E-state index in [0.29, 0.717) is 6.07 Å². The third kappa shape index (κ3) is 3.36. The van der Waals surface area contributed by atoms with Crippen molar-refractivity contribution >= 4 is 17.3 Å². The van der Waals surface area contributed by atoms with Crippen LogP contribution in [0.2, 0.25) is 0 Å². The molecule has 1 rings (SSSR count). The van der Waals surface area contributed by atoms with E-state index in [4.69, 9.17) is 11.5 Å². The van der Waals surface area contributed by atoms with Gasteiger partial charge in [-0.05, 0) is 6.07 Å². The smallest absolute Gasteiger partial charge is 0.295 e. The van der Waals surface area contributed by atoms with Crippen LogP contribution in [0.15, 0.2) is 12.1 Å². The Morgan fingerprint density at radius 1 is 1.47 bits per heavy atom. The number of nitro groups is 1. The minimum atomic E-state index is -1.76. The molecule has 19 heavy (non-hydrogen) atoms. The fourth-order valence-electron chi connectivity index (χ4n) is 1.54. The molecule has 0 spiro atoms. The summed E-state index contributed by atoms with van der Waals surface area (Å²) in [7, 11) is 0. The molecular weight excluding hydrogens is 261 g/mol. The molecule has 0 aliphatic heterocycles. The Hall–Kier alpha value is -2.26. The average Bonchev–Trinajstić information content (AvgIpc) is 2.29. The van der Waals surface area contributed by atoms with Gasteiger partial charge in [-0.1, -0.05) is 0 Å². The fourth-order valence-corrected chi connectivity index (χ4v) is 1.54. The Morgan fingerprint density at radius 3 is 2.53 bits per heavy atom. The zero-order valence-corrected chi connectivity index (χ0v) is 9.62. The monoisotopic (exact) mass is 273 g/mol. The molecule has 2 unspecified atom stereocenters. The number of aliphatic hydroxyl groups is 2. The summed E-state index contributed by atoms with van der Waals surface area (Å²) in [5.41, 5.74) is 8.66. The van der Waals surface area contributed by atoms with Gasteiger partial charge in [0.05, 0.1) is 23.5 Å². The summed E-state index contributed by atoms with van der Waals surface area (Å²) in [6, 6.07) is 1.34. The van der Waals surface area contributed by atoms with E-state index in [0.717, 1.165) is 6.07 Å². The van der Waals surface area contributed by atoms with Crippen molar-refractivity contribution in [1.82, 2.24) is 0 Å². The first-order valence-corrected chi connectivity index (χ1v) is 5.11. The third-order valence-electron chi connectivity index (χ3n) is 2.45. The van der Waals surface area contributed by atoms with Crippen LogP contribution in [0.5, 0.6) is 0 Å². The summed E-state index contributed by atoms with van der Waals surface area (Å²) in [5, 5.41) is 29.8. The van der Waals surface area contributed by atoms with Crippen molar-refractivity contribution in [2.24, 2.45) is 5.73 Å². The molecule has 0 aliphatic rings. The van der Waals surface area contributed by atoms with Crippen LogP contribution in [0.1, 0.15) is 18.1 Å². The lowest BCUT2D eigenvalue weighted by molar-refractivity contribution is -0.384. The molecule has 0 bridgehead atoms. The molecule has 0 radical (unpaired) electrons. The Bertz CT molecular complexity index is 522. The van der Waals surface area contributed by atoms with E-state index in [2.05, 4.69) is 0 Å². The number of anilines is 1. The Kier molecular flexibility index (Phi) is 4.35. The van der Waals surface area contributed by atoms with Crippen molar-refractivity contribution in [2.75, 3.05) is 5.73 Å². The van der Waals surface area contributed by atoms with E-state index in [1.807, 2.05) is 0 Å². The summed E-state index contributed by atoms with van der Waals surface area (Å²) in [4.78, 5) is 20.3. The van der Waals surface area contributed by atoms with Crippen molar-refractivity contribution in [1.29, 1.82) is 0 Å². The van der Waals surface area contributed by atoms with E-state index >= 15 is 0 Å². The molecule has 1 aromatic carbocycles. The number of benzene rings is 1. The molecule has 9 heteroatoms. The molecule has 0 heterocycles. The van der Waals surface area contributed by atoms with Gasteiger partial charge in [-0.25, -0.2) is 4.39 Å². The van der Waals surface area contributed by atoms with E-state index in [-0.39, 0.29) is 5.56 Å². The standard InChI is InChI=1S/C10H12FN3O5/c11-4-1-5(9(13)6(2-4)14(18)19)10(17)7(15)3-8(12)16/h1-2,7,10,15,17H,3,13H2,(H2,12,16). The van der Waals surface area contributed by atoms with Gasteiger partial charge in [-0.15, -0.1) is 0 Å². The number of hydrogen-bond donors (Lipinski definition) is 4. The van der Waals surface area contributed by atoms with Gasteiger partial charge in [0.2, 0.25) is 5.91 Å². The third-order valence-corrected chi connectivity index (χ3v) is 2.45. The minimum Gasteiger partial charge on any atom is -0.393 e. The molecule has 0 aliphatic carbocycles. The maximum absolute atomic E-state index is 13.2. The van der Waals surface area contributed by atoms with Gasteiger partial charge < -0.3 is 21.7 Å². The van der Waals surface area contributed by atoms with Crippen LogP contribution >= 0.6 is 0 Å². The van der Waals surface area contributed by atoms with E-state index in [9.17, 15) is 29.5 Å². The predicted octanol–water partition coefficient (Wildman–Crippen LogP) is -0.414. The quantitative estimate of drug-likeness (QED) is 0.325. The van der Waals surface area contributed by atoms with Gasteiger partial charge >= 0.3 is 0 Å². The molecule has 1 aromatic rings. The van der Waals surface area contributed by atoms with Crippen LogP contribution in [-0.4, -0.2) is 27.1 Å². The zero-order chi connectivity index (χ0) is 14.7. The number of nitrogens with two attached hydrogens (primary N) is 2. The molecule has 0 saturated heterocycles. The number of nitro benzene ring substituents is 1. The van der Waals surface area contributed by atoms with Crippen LogP contribution in [0, 0.1) is 15.9 Å². The predicted molar refractivity (Wildman–Crippen MR) is 62.2 cm³/mol. The second-order valence-electron chi connectivity index (χ2n) is 3.87. The van der Waals surface area contributed by atoms with Crippen LogP contribution in [0.25, 0.3) is 0 Å². The Balaban J connectivity index is 3.19. The molecule has 0 fully saturated rings. The number of nitrogen functional groups attached to an aromatic ring is 1. The summed E-state index contributed by atoms with van der Waals surface area (Å²) < 4.78 is 13.2. The Morgan fingerprint density at radius 2 is 2.05 bits per heavy atom. The number of primary amides is 1. The van der Waals surface area contributed by atoms with Crippen LogP contribution < -0.4 is 11.5 Å². The van der Waals surface area contributed by atoms with Gasteiger partial charge in [0.15, 0.2) is 0 Å². The summed E-state index contributed by atoms with van der Waals surface area (Å²) >= 11 is 0. The number of aliphatic hydroxyl groups excluding tert-OH is 2. The maximum atomic E-state index is 13.2. The molecule has 6 N–H and O–H groups in total. The lowest BCUT2D eigenvalue weighted by Gasteiger charge is -2.18. The number of rotatable bonds is 5. The summed E-state index contributed by atoms with van der Waals surface area (Å²) in [6.45, 7) is 0. The lowest BCUT2D eigenvalue weighted by atomic mass is 9.99. The van der Waals surface area contributed by atoms with E-state index < -0.39 is 46.7 Å². The number of carbonyl (C=O) groups excluding carboxylic acids is 1. The highest BCUT2D eigenvalue weighted by atomic mass is 19.1. The summed E-state index contributed by atoms with van der Waals surface area (Å²) in [5.74, 6) is -1.89. The van der Waals surface area contributed by atoms with Crippen molar-refractivity contribution in [3.05, 3.63) is 33.6 Å². The molecule has 2 atom stereocenters. The maximum Gasteiger partial charge on any atom is 0.295 e. The highest BCUT2D eigenvalue weighted by Crippen LogP contribution is 2.32. The average molecular weight is 273 g/mol. The van der Waals surface area contributed by atoms with Crippen LogP contribution in [0.4, 0.5) is 15.8 Å². The molecule has 104 valence electrons. The Labute approximate surface area is 106 Å². The first kappa shape index (κ1) is 14.8. The molecule has 0 aromatic heterocycles. The number of halogens is 1. The summed E-state index contributed by atoms with van der Waals surface area (Å²) in [6.07, 6.45) is -3.99. The fraction of sp³-hybridized carbons (Fsp3) is 0.300. The molecule has 8 nitrogen and oxygen atoms in total. The number of nitrogens with zero attached hydrogens (tertiary/aromatic N) is 1. The van der Waals surface area contributed by atoms with E-state index in [1.54, 1.807) is 0 Å². The van der Waals surface area contributed by atoms with Crippen molar-refractivity contribution < 1.29 is 24.3 Å². The van der Waals surface area contributed by atoms with E-state index in [1.165, 1.54) is 0 Å². The zero-order valence-electron chi connectivity index (χ0n) is 9.62. The van der Waals surface area contributed by atoms with Crippen molar-refractivity contribution in [2.45, 2.75) is 18.6 Å². The van der Waals surface area contributed by atoms with Crippen LogP contribution in [-0.2, 0) is 4.79 Å². The topological polar surface area (TPSA) is 153 Å². The van der Waals surface area contributed by atoms with Gasteiger partial charge in [0.1, 0.15) is 17.6 Å². The number of hydrogen-bond acceptors (Lipinski definition) is 6. The van der Waals surface area contributed by atoms with Gasteiger partial charge in [-0.2, -0.15) is 0 Å². The normalized spacial score (nSPS) is 13.8. The minimum absolute atomic E-state index is 0.375. The second-order valence-corrected chi connectivity index (χ2v) is 3.87. The van der Waals surface area contributed by atoms with Crippen molar-refractivity contribution in [3.8, 4) is 0 Å². The first-order chi connectivity index (χ1) is 8.73. The SMILES string of the molecule is NC(=O)CC(O)C(O)c1cc(F)cc([N+](=O)[O-])c1N. The van der Waals surface area contributed by atoms with Gasteiger partial charge in [0, 0.05) is 5.56 Å². The first-order valence-electron chi connectivity index (χ1n) is 5.11. The second kappa shape index (κ2) is 5.59. The number of amides is 1. The van der Waals surface area contributed by atoms with Crippen molar-refractivity contribution in [3.63, 3.8) is 0 Å².